The number of phenols is 2. The number of fused-ring (bicyclic) bond motifs is 1. The van der Waals surface area contributed by atoms with Crippen LogP contribution in [-0.4, -0.2) is 15.3 Å². The summed E-state index contributed by atoms with van der Waals surface area (Å²) >= 11 is 0. The molecule has 1 aliphatic heterocycles. The Bertz CT molecular complexity index is 1110. The molecule has 3 N–H and O–H groups in total. The van der Waals surface area contributed by atoms with Crippen LogP contribution in [-0.2, 0) is 10.3 Å². The van der Waals surface area contributed by atoms with E-state index in [0.717, 1.165) is 55.6 Å². The Kier molecular flexibility index (Phi) is 4.68. The van der Waals surface area contributed by atoms with Crippen molar-refractivity contribution in [3.8, 4) is 11.5 Å². The number of benzene rings is 3. The van der Waals surface area contributed by atoms with Crippen molar-refractivity contribution in [2.45, 2.75) is 53.4 Å². The van der Waals surface area contributed by atoms with Gasteiger partial charge < -0.3 is 20.1 Å². The lowest BCUT2D eigenvalue weighted by molar-refractivity contribution is -0.140. The van der Waals surface area contributed by atoms with Crippen LogP contribution in [0, 0.1) is 41.5 Å². The number of aliphatic hydroxyl groups is 1. The number of rotatable bonds is 2. The Morgan fingerprint density at radius 3 is 1.67 bits per heavy atom. The van der Waals surface area contributed by atoms with Gasteiger partial charge in [0.1, 0.15) is 17.1 Å². The zero-order valence-electron chi connectivity index (χ0n) is 18.3. The molecule has 30 heavy (non-hydrogen) atoms. The fraction of sp³-hybridized carbons (Fsp3) is 0.308. The third kappa shape index (κ3) is 2.60. The van der Waals surface area contributed by atoms with Gasteiger partial charge in [-0.3, -0.25) is 0 Å². The van der Waals surface area contributed by atoms with Gasteiger partial charge in [0.2, 0.25) is 0 Å². The largest absolute Gasteiger partial charge is 0.507 e. The topological polar surface area (TPSA) is 69.9 Å². The summed E-state index contributed by atoms with van der Waals surface area (Å²) in [5.74, 6) is 0.543. The molecule has 4 rings (SSSR count). The predicted molar refractivity (Wildman–Crippen MR) is 117 cm³/mol. The molecular formula is C26H28O4. The van der Waals surface area contributed by atoms with Crippen molar-refractivity contribution < 1.29 is 20.1 Å². The molecule has 0 aliphatic carbocycles. The molecule has 0 saturated heterocycles. The standard InChI is InChI=1S/C26H28O4/c1-13-11-21(15(3)17(5)23(13)27)26(20-10-8-7-9-19(20)25(29)30-26)22-12-14(2)24(28)18(6)16(22)4/h7-12,25,27-29H,1-6H3/t25-/m1/s1. The molecule has 1 aliphatic rings. The maximum absolute atomic E-state index is 10.9. The molecule has 0 radical (unpaired) electrons. The van der Waals surface area contributed by atoms with Gasteiger partial charge in [0.05, 0.1) is 0 Å². The van der Waals surface area contributed by atoms with E-state index in [1.807, 2.05) is 77.9 Å². The van der Waals surface area contributed by atoms with Crippen LogP contribution in [0.15, 0.2) is 36.4 Å². The highest BCUT2D eigenvalue weighted by Gasteiger charge is 2.49. The Hall–Kier alpha value is -2.82. The minimum absolute atomic E-state index is 0.271. The second-order valence-corrected chi connectivity index (χ2v) is 8.42. The van der Waals surface area contributed by atoms with Crippen LogP contribution >= 0.6 is 0 Å². The first-order chi connectivity index (χ1) is 14.1. The van der Waals surface area contributed by atoms with Gasteiger partial charge in [0, 0.05) is 11.1 Å². The van der Waals surface area contributed by atoms with E-state index in [0.29, 0.717) is 0 Å². The molecule has 4 heteroatoms. The van der Waals surface area contributed by atoms with Gasteiger partial charge in [-0.1, -0.05) is 24.3 Å². The summed E-state index contributed by atoms with van der Waals surface area (Å²) in [5.41, 5.74) is 7.19. The number of aliphatic hydroxyl groups excluding tert-OH is 1. The highest BCUT2D eigenvalue weighted by molar-refractivity contribution is 5.63. The van der Waals surface area contributed by atoms with E-state index >= 15 is 0 Å². The zero-order valence-corrected chi connectivity index (χ0v) is 18.3. The van der Waals surface area contributed by atoms with Crippen LogP contribution in [0.3, 0.4) is 0 Å². The summed E-state index contributed by atoms with van der Waals surface area (Å²) in [6.45, 7) is 11.5. The van der Waals surface area contributed by atoms with Gasteiger partial charge >= 0.3 is 0 Å². The van der Waals surface area contributed by atoms with Gasteiger partial charge in [-0.25, -0.2) is 0 Å². The molecule has 0 unspecified atom stereocenters. The van der Waals surface area contributed by atoms with Gasteiger partial charge in [0.15, 0.2) is 6.29 Å². The fourth-order valence-electron chi connectivity index (χ4n) is 4.76. The summed E-state index contributed by atoms with van der Waals surface area (Å²) in [7, 11) is 0. The normalized spacial score (nSPS) is 17.2. The number of phenolic OH excluding ortho intramolecular Hbond substituents is 2. The summed E-state index contributed by atoms with van der Waals surface area (Å²) in [5, 5.41) is 31.9. The van der Waals surface area contributed by atoms with Gasteiger partial charge in [-0.15, -0.1) is 0 Å². The smallest absolute Gasteiger partial charge is 0.183 e. The molecule has 0 aromatic heterocycles. The van der Waals surface area contributed by atoms with Crippen molar-refractivity contribution in [1.29, 1.82) is 0 Å². The summed E-state index contributed by atoms with van der Waals surface area (Å²) in [4.78, 5) is 0. The molecule has 0 amide bonds. The number of hydrogen-bond donors (Lipinski definition) is 3. The first kappa shape index (κ1) is 20.5. The average molecular weight is 405 g/mol. The van der Waals surface area contributed by atoms with E-state index in [-0.39, 0.29) is 11.5 Å². The first-order valence-corrected chi connectivity index (χ1v) is 10.2. The van der Waals surface area contributed by atoms with Gasteiger partial charge in [-0.05, 0) is 98.2 Å². The number of aromatic hydroxyl groups is 2. The molecule has 0 bridgehead atoms. The third-order valence-electron chi connectivity index (χ3n) is 6.77. The minimum atomic E-state index is -1.08. The van der Waals surface area contributed by atoms with Crippen LogP contribution in [0.5, 0.6) is 11.5 Å². The van der Waals surface area contributed by atoms with E-state index in [1.54, 1.807) is 0 Å². The monoisotopic (exact) mass is 404 g/mol. The van der Waals surface area contributed by atoms with E-state index in [1.165, 1.54) is 0 Å². The number of aryl methyl sites for hydroxylation is 2. The molecule has 0 saturated carbocycles. The summed E-state index contributed by atoms with van der Waals surface area (Å²) in [6, 6.07) is 11.6. The molecular weight excluding hydrogens is 376 g/mol. The summed E-state index contributed by atoms with van der Waals surface area (Å²) in [6.07, 6.45) is -1.08. The quantitative estimate of drug-likeness (QED) is 0.545. The Morgan fingerprint density at radius 2 is 1.17 bits per heavy atom. The maximum Gasteiger partial charge on any atom is 0.183 e. The Balaban J connectivity index is 2.20. The molecule has 156 valence electrons. The Morgan fingerprint density at radius 1 is 0.700 bits per heavy atom. The zero-order chi connectivity index (χ0) is 22.0. The molecule has 3 aromatic carbocycles. The lowest BCUT2D eigenvalue weighted by Crippen LogP contribution is -2.32. The SMILES string of the molecule is Cc1cc(C2(c3cc(C)c(O)c(C)c3C)O[C@@H](O)c3ccccc32)c(C)c(C)c1O. The fourth-order valence-corrected chi connectivity index (χ4v) is 4.76. The second kappa shape index (κ2) is 6.86. The highest BCUT2D eigenvalue weighted by Crippen LogP contribution is 2.54. The Labute approximate surface area is 177 Å². The van der Waals surface area contributed by atoms with Crippen LogP contribution in [0.25, 0.3) is 0 Å². The first-order valence-electron chi connectivity index (χ1n) is 10.2. The average Bonchev–Trinajstić information content (AvgIpc) is 3.03. The lowest BCUT2D eigenvalue weighted by Gasteiger charge is -2.35. The van der Waals surface area contributed by atoms with Crippen LogP contribution < -0.4 is 0 Å². The molecule has 0 spiro atoms. The van der Waals surface area contributed by atoms with Crippen LogP contribution in [0.4, 0.5) is 0 Å². The van der Waals surface area contributed by atoms with Crippen LogP contribution in [0.2, 0.25) is 0 Å². The van der Waals surface area contributed by atoms with E-state index in [2.05, 4.69) is 0 Å². The van der Waals surface area contributed by atoms with Crippen LogP contribution in [0.1, 0.15) is 61.9 Å². The van der Waals surface area contributed by atoms with Crippen molar-refractivity contribution in [1.82, 2.24) is 0 Å². The third-order valence-corrected chi connectivity index (χ3v) is 6.77. The molecule has 3 aromatic rings. The van der Waals surface area contributed by atoms with Crippen molar-refractivity contribution in [3.05, 3.63) is 92.0 Å². The van der Waals surface area contributed by atoms with Gasteiger partial charge in [-0.2, -0.15) is 0 Å². The second-order valence-electron chi connectivity index (χ2n) is 8.42. The van der Waals surface area contributed by atoms with Crippen molar-refractivity contribution in [2.24, 2.45) is 0 Å². The number of ether oxygens (including phenoxy) is 1. The van der Waals surface area contributed by atoms with E-state index in [4.69, 9.17) is 4.74 Å². The summed E-state index contributed by atoms with van der Waals surface area (Å²) < 4.78 is 6.45. The maximum atomic E-state index is 10.9. The van der Waals surface area contributed by atoms with Crippen molar-refractivity contribution in [3.63, 3.8) is 0 Å². The minimum Gasteiger partial charge on any atom is -0.507 e. The molecule has 0 fully saturated rings. The van der Waals surface area contributed by atoms with E-state index < -0.39 is 11.9 Å². The lowest BCUT2D eigenvalue weighted by atomic mass is 9.74. The van der Waals surface area contributed by atoms with Crippen molar-refractivity contribution in [2.75, 3.05) is 0 Å². The van der Waals surface area contributed by atoms with Gasteiger partial charge in [0.25, 0.3) is 0 Å². The molecule has 1 atom stereocenters. The highest BCUT2D eigenvalue weighted by atomic mass is 16.6. The predicted octanol–water partition coefficient (Wildman–Crippen LogP) is 5.26. The number of hydrogen-bond acceptors (Lipinski definition) is 4. The molecule has 1 heterocycles. The van der Waals surface area contributed by atoms with E-state index in [9.17, 15) is 15.3 Å². The molecule has 4 nitrogen and oxygen atoms in total. The van der Waals surface area contributed by atoms with Crippen molar-refractivity contribution >= 4 is 0 Å².